The van der Waals surface area contributed by atoms with Crippen LogP contribution in [0, 0.1) is 0 Å². The molecule has 1 amide bonds. The van der Waals surface area contributed by atoms with Gasteiger partial charge in [0.05, 0.1) is 0 Å². The first-order chi connectivity index (χ1) is 4.72. The van der Waals surface area contributed by atoms with Crippen LogP contribution in [-0.2, 0) is 9.59 Å². The van der Waals surface area contributed by atoms with Crippen molar-refractivity contribution in [1.82, 2.24) is 5.32 Å². The number of carboxylic acid groups (broad SMARTS) is 1. The van der Waals surface area contributed by atoms with Crippen molar-refractivity contribution >= 4 is 28.3 Å². The van der Waals surface area contributed by atoms with Crippen LogP contribution in [0.3, 0.4) is 0 Å². The summed E-state index contributed by atoms with van der Waals surface area (Å²) in [7, 11) is 0. The molecule has 0 aromatic heterocycles. The maximum atomic E-state index is 10.2. The normalized spacial score (nSPS) is 12.1. The van der Waals surface area contributed by atoms with Crippen LogP contribution in [0.2, 0.25) is 0 Å². The van der Waals surface area contributed by atoms with Crippen molar-refractivity contribution in [2.75, 3.05) is 5.33 Å². The summed E-state index contributed by atoms with van der Waals surface area (Å²) in [5.74, 6) is -1.01. The van der Waals surface area contributed by atoms with Gasteiger partial charge in [0.1, 0.15) is 6.04 Å². The Morgan fingerprint density at radius 1 is 1.80 bits per heavy atom. The zero-order chi connectivity index (χ0) is 7.98. The maximum absolute atomic E-state index is 10.2. The fraction of sp³-hybridized carbons (Fsp3) is 0.600. The summed E-state index contributed by atoms with van der Waals surface area (Å²) in [4.78, 5) is 20.0. The minimum Gasteiger partial charge on any atom is -0.480 e. The summed E-state index contributed by atoms with van der Waals surface area (Å²) in [6, 6.07) is -0.767. The smallest absolute Gasteiger partial charge is 0.326 e. The van der Waals surface area contributed by atoms with Crippen LogP contribution in [0.25, 0.3) is 0 Å². The summed E-state index contributed by atoms with van der Waals surface area (Å²) in [6.45, 7) is 0. The predicted molar refractivity (Wildman–Crippen MR) is 39.0 cm³/mol. The van der Waals surface area contributed by atoms with Gasteiger partial charge in [-0.3, -0.25) is 4.79 Å². The molecule has 0 aromatic rings. The van der Waals surface area contributed by atoms with Gasteiger partial charge < -0.3 is 10.4 Å². The number of halogens is 1. The average Bonchev–Trinajstić information content (AvgIpc) is 1.87. The van der Waals surface area contributed by atoms with Crippen LogP contribution >= 0.6 is 15.9 Å². The lowest BCUT2D eigenvalue weighted by molar-refractivity contribution is -0.140. The van der Waals surface area contributed by atoms with Crippen LogP contribution in [0.4, 0.5) is 0 Å². The number of carboxylic acids is 1. The summed E-state index contributed by atoms with van der Waals surface area (Å²) < 4.78 is 0. The van der Waals surface area contributed by atoms with Gasteiger partial charge in [-0.05, 0) is 6.42 Å². The standard InChI is InChI=1S/C5H8BrNO3/c6-2-1-4(5(9)10)7-3-8/h3-4H,1-2H2,(H,7,8)(H,9,10). The van der Waals surface area contributed by atoms with E-state index in [-0.39, 0.29) is 0 Å². The second kappa shape index (κ2) is 5.22. The first-order valence-electron chi connectivity index (χ1n) is 2.70. The fourth-order valence-corrected chi connectivity index (χ4v) is 0.927. The summed E-state index contributed by atoms with van der Waals surface area (Å²) in [6.07, 6.45) is 0.787. The molecule has 0 spiro atoms. The number of alkyl halides is 1. The lowest BCUT2D eigenvalue weighted by Crippen LogP contribution is -2.35. The first kappa shape index (κ1) is 9.42. The fourth-order valence-electron chi connectivity index (χ4n) is 0.469. The average molecular weight is 210 g/mol. The van der Waals surface area contributed by atoms with E-state index in [1.807, 2.05) is 0 Å². The van der Waals surface area contributed by atoms with Crippen LogP contribution in [0.5, 0.6) is 0 Å². The lowest BCUT2D eigenvalue weighted by atomic mass is 10.2. The van der Waals surface area contributed by atoms with Crippen LogP contribution in [-0.4, -0.2) is 28.9 Å². The molecule has 0 aliphatic carbocycles. The van der Waals surface area contributed by atoms with E-state index in [9.17, 15) is 9.59 Å². The number of hydrogen-bond donors (Lipinski definition) is 2. The first-order valence-corrected chi connectivity index (χ1v) is 3.83. The third-order valence-electron chi connectivity index (χ3n) is 0.965. The van der Waals surface area contributed by atoms with E-state index in [0.29, 0.717) is 18.2 Å². The Bertz CT molecular complexity index is 128. The molecule has 0 saturated carbocycles. The van der Waals surface area contributed by atoms with Crippen molar-refractivity contribution in [1.29, 1.82) is 0 Å². The maximum Gasteiger partial charge on any atom is 0.326 e. The second-order valence-electron chi connectivity index (χ2n) is 1.65. The van der Waals surface area contributed by atoms with Crippen molar-refractivity contribution in [3.05, 3.63) is 0 Å². The largest absolute Gasteiger partial charge is 0.480 e. The van der Waals surface area contributed by atoms with Gasteiger partial charge in [-0.25, -0.2) is 4.79 Å². The highest BCUT2D eigenvalue weighted by Crippen LogP contribution is 1.94. The molecule has 0 aliphatic rings. The highest BCUT2D eigenvalue weighted by atomic mass is 79.9. The zero-order valence-electron chi connectivity index (χ0n) is 5.21. The summed E-state index contributed by atoms with van der Waals surface area (Å²) >= 11 is 3.07. The Hall–Kier alpha value is -0.580. The lowest BCUT2D eigenvalue weighted by Gasteiger charge is -2.07. The molecule has 5 heteroatoms. The minimum absolute atomic E-state index is 0.390. The number of carbonyl (C=O) groups excluding carboxylic acids is 1. The number of carbonyl (C=O) groups is 2. The van der Waals surface area contributed by atoms with Crippen LogP contribution in [0.1, 0.15) is 6.42 Å². The number of hydrogen-bond acceptors (Lipinski definition) is 2. The van der Waals surface area contributed by atoms with E-state index in [4.69, 9.17) is 5.11 Å². The Morgan fingerprint density at radius 3 is 2.70 bits per heavy atom. The van der Waals surface area contributed by atoms with Gasteiger partial charge in [-0.15, -0.1) is 0 Å². The Kier molecular flexibility index (Phi) is 4.92. The monoisotopic (exact) mass is 209 g/mol. The second-order valence-corrected chi connectivity index (χ2v) is 2.45. The predicted octanol–water partition coefficient (Wildman–Crippen LogP) is -0.0294. The third-order valence-corrected chi connectivity index (χ3v) is 1.42. The molecule has 0 fully saturated rings. The molecule has 10 heavy (non-hydrogen) atoms. The van der Waals surface area contributed by atoms with E-state index >= 15 is 0 Å². The Labute approximate surface area is 66.7 Å². The third kappa shape index (κ3) is 3.45. The van der Waals surface area contributed by atoms with Crippen LogP contribution < -0.4 is 5.32 Å². The molecular weight excluding hydrogens is 202 g/mol. The summed E-state index contributed by atoms with van der Waals surface area (Å²) in [5.41, 5.74) is 0. The molecule has 0 heterocycles. The number of amides is 1. The number of nitrogens with one attached hydrogen (secondary N) is 1. The van der Waals surface area contributed by atoms with Gasteiger partial charge in [0, 0.05) is 5.33 Å². The molecule has 0 rings (SSSR count). The number of rotatable bonds is 5. The molecule has 1 atom stereocenters. The van der Waals surface area contributed by atoms with Gasteiger partial charge in [-0.2, -0.15) is 0 Å². The molecule has 0 saturated heterocycles. The summed E-state index contributed by atoms with van der Waals surface area (Å²) in [5, 5.41) is 11.1. The molecule has 0 aliphatic heterocycles. The van der Waals surface area contributed by atoms with Crippen molar-refractivity contribution in [3.8, 4) is 0 Å². The van der Waals surface area contributed by atoms with E-state index in [2.05, 4.69) is 21.2 Å². The van der Waals surface area contributed by atoms with Crippen molar-refractivity contribution < 1.29 is 14.7 Å². The SMILES string of the molecule is O=CNC(CCBr)C(=O)O. The van der Waals surface area contributed by atoms with Gasteiger partial charge >= 0.3 is 5.97 Å². The topological polar surface area (TPSA) is 66.4 Å². The molecule has 2 N–H and O–H groups in total. The molecule has 0 aromatic carbocycles. The molecular formula is C5H8BrNO3. The molecule has 0 radical (unpaired) electrons. The Morgan fingerprint density at radius 2 is 2.40 bits per heavy atom. The van der Waals surface area contributed by atoms with Gasteiger partial charge in [0.25, 0.3) is 0 Å². The van der Waals surface area contributed by atoms with Crippen LogP contribution in [0.15, 0.2) is 0 Å². The minimum atomic E-state index is -1.01. The molecule has 1 unspecified atom stereocenters. The van der Waals surface area contributed by atoms with E-state index in [0.717, 1.165) is 0 Å². The number of aliphatic carboxylic acids is 1. The van der Waals surface area contributed by atoms with Crippen molar-refractivity contribution in [2.24, 2.45) is 0 Å². The Balaban J connectivity index is 3.71. The van der Waals surface area contributed by atoms with E-state index in [1.54, 1.807) is 0 Å². The zero-order valence-corrected chi connectivity index (χ0v) is 6.80. The molecule has 58 valence electrons. The quantitative estimate of drug-likeness (QED) is 0.494. The van der Waals surface area contributed by atoms with Gasteiger partial charge in [0.2, 0.25) is 6.41 Å². The van der Waals surface area contributed by atoms with Gasteiger partial charge in [0.15, 0.2) is 0 Å². The van der Waals surface area contributed by atoms with Crippen molar-refractivity contribution in [3.63, 3.8) is 0 Å². The highest BCUT2D eigenvalue weighted by Gasteiger charge is 2.13. The highest BCUT2D eigenvalue weighted by molar-refractivity contribution is 9.09. The molecule has 0 bridgehead atoms. The van der Waals surface area contributed by atoms with E-state index < -0.39 is 12.0 Å². The van der Waals surface area contributed by atoms with Gasteiger partial charge in [-0.1, -0.05) is 15.9 Å². The van der Waals surface area contributed by atoms with Crippen molar-refractivity contribution in [2.45, 2.75) is 12.5 Å². The molecule has 4 nitrogen and oxygen atoms in total. The van der Waals surface area contributed by atoms with E-state index in [1.165, 1.54) is 0 Å².